The third-order valence-electron chi connectivity index (χ3n) is 8.54. The largest absolute Gasteiger partial charge is 0.490 e. The minimum Gasteiger partial charge on any atom is -0.490 e. The Hall–Kier alpha value is -5.59. The second kappa shape index (κ2) is 18.8. The van der Waals surface area contributed by atoms with Crippen molar-refractivity contribution in [2.24, 2.45) is 5.73 Å². The highest BCUT2D eigenvalue weighted by atomic mass is 19.1. The Morgan fingerprint density at radius 1 is 0.868 bits per heavy atom. The molecular formula is C41H42F2N2O8. The molecule has 0 spiro atoms. The predicted octanol–water partition coefficient (Wildman–Crippen LogP) is 7.05. The third-order valence-corrected chi connectivity index (χ3v) is 8.54. The van der Waals surface area contributed by atoms with Crippen molar-refractivity contribution in [2.45, 2.75) is 57.7 Å². The molecule has 0 bridgehead atoms. The molecule has 4 N–H and O–H groups in total. The molecule has 1 aliphatic heterocycles. The molecule has 12 heteroatoms. The Balaban J connectivity index is 0.000000252. The molecule has 0 saturated carbocycles. The van der Waals surface area contributed by atoms with Gasteiger partial charge in [-0.25, -0.2) is 13.6 Å². The second-order valence-corrected chi connectivity index (χ2v) is 12.6. The Kier molecular flexibility index (Phi) is 13.7. The lowest BCUT2D eigenvalue weighted by molar-refractivity contribution is -0.136. The number of nitrogens with one attached hydrogen (secondary N) is 1. The van der Waals surface area contributed by atoms with Crippen molar-refractivity contribution in [3.05, 3.63) is 131 Å². The molecular weight excluding hydrogens is 686 g/mol. The summed E-state index contributed by atoms with van der Waals surface area (Å²) in [6.07, 6.45) is 2.31. The van der Waals surface area contributed by atoms with Crippen molar-refractivity contribution in [3.63, 3.8) is 0 Å². The number of aliphatic carboxylic acids is 1. The Morgan fingerprint density at radius 2 is 1.60 bits per heavy atom. The number of ether oxygens (including phenoxy) is 3. The second-order valence-electron chi connectivity index (χ2n) is 12.6. The summed E-state index contributed by atoms with van der Waals surface area (Å²) in [6, 6.07) is 22.9. The van der Waals surface area contributed by atoms with Crippen LogP contribution in [0.1, 0.15) is 63.6 Å². The van der Waals surface area contributed by atoms with Gasteiger partial charge in [0.05, 0.1) is 19.6 Å². The van der Waals surface area contributed by atoms with E-state index in [1.165, 1.54) is 24.0 Å². The summed E-state index contributed by atoms with van der Waals surface area (Å²) in [4.78, 5) is 35.2. The van der Waals surface area contributed by atoms with Crippen LogP contribution in [0.25, 0.3) is 11.0 Å². The molecule has 4 aromatic carbocycles. The molecule has 2 heterocycles. The quantitative estimate of drug-likeness (QED) is 0.0802. The number of benzene rings is 4. The molecule has 10 nitrogen and oxygen atoms in total. The number of carboxylic acid groups (broad SMARTS) is 1. The summed E-state index contributed by atoms with van der Waals surface area (Å²) >= 11 is 0. The van der Waals surface area contributed by atoms with Gasteiger partial charge in [-0.15, -0.1) is 0 Å². The summed E-state index contributed by atoms with van der Waals surface area (Å²) in [6.45, 7) is 4.06. The summed E-state index contributed by atoms with van der Waals surface area (Å²) in [5.41, 5.74) is 10.4. The number of para-hydroxylation sites is 1. The maximum Gasteiger partial charge on any atom is 0.342 e. The van der Waals surface area contributed by atoms with Gasteiger partial charge in [0.15, 0.2) is 17.3 Å². The number of nitrogens with two attached hydrogens (primary N) is 1. The Labute approximate surface area is 305 Å². The number of carboxylic acids is 1. The number of furan rings is 1. The van der Waals surface area contributed by atoms with Crippen molar-refractivity contribution in [1.82, 2.24) is 5.32 Å². The van der Waals surface area contributed by atoms with Crippen LogP contribution >= 0.6 is 0 Å². The number of esters is 1. The highest BCUT2D eigenvalue weighted by Gasteiger charge is 2.25. The van der Waals surface area contributed by atoms with Gasteiger partial charge < -0.3 is 34.8 Å². The van der Waals surface area contributed by atoms with Gasteiger partial charge in [-0.3, -0.25) is 9.59 Å². The van der Waals surface area contributed by atoms with E-state index >= 15 is 0 Å². The maximum atomic E-state index is 13.7. The van der Waals surface area contributed by atoms with Crippen LogP contribution < -0.4 is 20.5 Å². The molecule has 53 heavy (non-hydrogen) atoms. The summed E-state index contributed by atoms with van der Waals surface area (Å²) in [5.74, 6) is -1.93. The van der Waals surface area contributed by atoms with E-state index in [1.807, 2.05) is 24.3 Å². The van der Waals surface area contributed by atoms with Crippen LogP contribution in [-0.2, 0) is 28.9 Å². The summed E-state index contributed by atoms with van der Waals surface area (Å²) < 4.78 is 49.6. The lowest BCUT2D eigenvalue weighted by Gasteiger charge is -2.25. The van der Waals surface area contributed by atoms with Gasteiger partial charge in [-0.1, -0.05) is 49.4 Å². The molecule has 0 saturated heterocycles. The van der Waals surface area contributed by atoms with Gasteiger partial charge in [0.1, 0.15) is 35.1 Å². The van der Waals surface area contributed by atoms with Crippen LogP contribution in [0.15, 0.2) is 95.6 Å². The number of carbonyl (C=O) groups excluding carboxylic acids is 2. The number of hydrogen-bond acceptors (Lipinski definition) is 9. The highest BCUT2D eigenvalue weighted by Crippen LogP contribution is 2.31. The third kappa shape index (κ3) is 11.2. The summed E-state index contributed by atoms with van der Waals surface area (Å²) in [5, 5.41) is 12.5. The fraction of sp³-hybridized carbons (Fsp3) is 0.293. The van der Waals surface area contributed by atoms with Gasteiger partial charge in [-0.05, 0) is 65.9 Å². The van der Waals surface area contributed by atoms with E-state index < -0.39 is 35.7 Å². The van der Waals surface area contributed by atoms with Crippen LogP contribution in [-0.4, -0.2) is 54.7 Å². The van der Waals surface area contributed by atoms with E-state index in [-0.39, 0.29) is 31.6 Å². The normalized spacial score (nSPS) is 13.3. The molecule has 6 rings (SSSR count). The first-order valence-electron chi connectivity index (χ1n) is 17.4. The zero-order chi connectivity index (χ0) is 37.7. The number of ketones is 1. The van der Waals surface area contributed by atoms with E-state index in [1.54, 1.807) is 30.3 Å². The number of rotatable bonds is 14. The minimum atomic E-state index is -0.974. The van der Waals surface area contributed by atoms with Crippen LogP contribution in [0.4, 0.5) is 8.78 Å². The van der Waals surface area contributed by atoms with Crippen molar-refractivity contribution in [3.8, 4) is 11.5 Å². The average molecular weight is 729 g/mol. The molecule has 278 valence electrons. The van der Waals surface area contributed by atoms with E-state index in [0.29, 0.717) is 58.9 Å². The predicted molar refractivity (Wildman–Crippen MR) is 194 cm³/mol. The van der Waals surface area contributed by atoms with Crippen LogP contribution in [0.3, 0.4) is 0 Å². The molecule has 0 aliphatic carbocycles. The molecule has 0 fully saturated rings. The van der Waals surface area contributed by atoms with E-state index in [4.69, 9.17) is 29.5 Å². The van der Waals surface area contributed by atoms with Crippen molar-refractivity contribution >= 4 is 28.7 Å². The molecule has 0 unspecified atom stereocenters. The van der Waals surface area contributed by atoms with Gasteiger partial charge in [0.25, 0.3) is 0 Å². The minimum absolute atomic E-state index is 0.00498. The summed E-state index contributed by atoms with van der Waals surface area (Å²) in [7, 11) is 0. The molecule has 1 aliphatic rings. The molecule has 0 amide bonds. The first-order chi connectivity index (χ1) is 25.6. The van der Waals surface area contributed by atoms with Crippen LogP contribution in [0, 0.1) is 11.6 Å². The number of halogens is 2. The van der Waals surface area contributed by atoms with E-state index in [2.05, 4.69) is 24.4 Å². The standard InChI is InChI=1S/C28H28F2N2O3.C13H14O5/c1-2-18-6-5-7-19(10-18)15-32-16-27(25(31)13-20-11-21(29)14-22(30)12-20)35-28(33)24-17-34-26-9-4-3-8-23(24)26;14-10(3-5-13(15)16)9-2-4-11-12(8-9)18-7-1-6-17-11/h3-12,14,17,25,27,32H,2,13,15-16,31H2,1H3;2,4,8H,1,3,5-7H2,(H,15,16)/t25-,27+;/m0./s1. The number of aryl methyl sites for hydroxylation is 1. The fourth-order valence-electron chi connectivity index (χ4n) is 5.77. The number of hydrogen-bond donors (Lipinski definition) is 3. The van der Waals surface area contributed by atoms with Gasteiger partial charge in [0.2, 0.25) is 0 Å². The Bertz CT molecular complexity index is 2010. The van der Waals surface area contributed by atoms with Crippen LogP contribution in [0.5, 0.6) is 11.5 Å². The zero-order valence-electron chi connectivity index (χ0n) is 29.3. The first-order valence-corrected chi connectivity index (χ1v) is 17.4. The topological polar surface area (TPSA) is 150 Å². The fourth-order valence-corrected chi connectivity index (χ4v) is 5.77. The smallest absolute Gasteiger partial charge is 0.342 e. The Morgan fingerprint density at radius 3 is 2.36 bits per heavy atom. The molecule has 0 radical (unpaired) electrons. The number of carbonyl (C=O) groups is 3. The van der Waals surface area contributed by atoms with Crippen molar-refractivity contribution < 1.29 is 46.9 Å². The highest BCUT2D eigenvalue weighted by molar-refractivity contribution is 6.03. The van der Waals surface area contributed by atoms with Gasteiger partial charge in [-0.2, -0.15) is 0 Å². The maximum absolute atomic E-state index is 13.7. The first kappa shape index (κ1) is 38.6. The van der Waals surface area contributed by atoms with Gasteiger partial charge >= 0.3 is 11.9 Å². The van der Waals surface area contributed by atoms with E-state index in [9.17, 15) is 23.2 Å². The van der Waals surface area contributed by atoms with Crippen molar-refractivity contribution in [2.75, 3.05) is 19.8 Å². The van der Waals surface area contributed by atoms with Crippen molar-refractivity contribution in [1.29, 1.82) is 0 Å². The molecule has 5 aromatic rings. The SMILES string of the molecule is CCc1cccc(CNC[C@@H](OC(=O)c2coc3ccccc23)[C@@H](N)Cc2cc(F)cc(F)c2)c1.O=C(O)CCC(=O)c1ccc2c(c1)OCCCO2. The number of fused-ring (bicyclic) bond motifs is 2. The lowest BCUT2D eigenvalue weighted by Crippen LogP contribution is -2.46. The zero-order valence-corrected chi connectivity index (χ0v) is 29.3. The van der Waals surface area contributed by atoms with Crippen LogP contribution in [0.2, 0.25) is 0 Å². The molecule has 1 aromatic heterocycles. The average Bonchev–Trinajstić information content (AvgIpc) is 3.44. The molecule has 2 atom stereocenters. The van der Waals surface area contributed by atoms with E-state index in [0.717, 1.165) is 24.5 Å². The number of Topliss-reactive ketones (excluding diaryl/α,β-unsaturated/α-hetero) is 1. The lowest BCUT2D eigenvalue weighted by atomic mass is 10.0. The van der Waals surface area contributed by atoms with Gasteiger partial charge in [0, 0.05) is 49.0 Å². The monoisotopic (exact) mass is 728 g/mol.